The molecule has 0 saturated heterocycles. The van der Waals surface area contributed by atoms with Crippen molar-refractivity contribution in [2.24, 2.45) is 0 Å². The van der Waals surface area contributed by atoms with E-state index in [-0.39, 0.29) is 10.6 Å². The Hall–Kier alpha value is -1.29. The molecule has 0 unspecified atom stereocenters. The van der Waals surface area contributed by atoms with Crippen molar-refractivity contribution in [2.45, 2.75) is 44.5 Å². The average Bonchev–Trinajstić information content (AvgIpc) is 2.93. The van der Waals surface area contributed by atoms with Crippen LogP contribution in [0, 0.1) is 10.1 Å². The maximum Gasteiger partial charge on any atom is 0.269 e. The Morgan fingerprint density at radius 3 is 2.63 bits per heavy atom. The molecule has 0 bridgehead atoms. The van der Waals surface area contributed by atoms with Gasteiger partial charge in [-0.25, -0.2) is 0 Å². The van der Waals surface area contributed by atoms with Gasteiger partial charge in [-0.1, -0.05) is 12.8 Å². The van der Waals surface area contributed by atoms with Gasteiger partial charge >= 0.3 is 0 Å². The normalized spacial score (nSPS) is 15.7. The van der Waals surface area contributed by atoms with Crippen molar-refractivity contribution in [1.29, 1.82) is 0 Å². The van der Waals surface area contributed by atoms with Crippen LogP contribution in [-0.4, -0.2) is 17.5 Å². The lowest BCUT2D eigenvalue weighted by atomic mass is 10.1. The van der Waals surface area contributed by atoms with E-state index in [9.17, 15) is 10.1 Å². The minimum Gasteiger partial charge on any atom is -0.369 e. The van der Waals surface area contributed by atoms with E-state index in [4.69, 9.17) is 11.6 Å². The second kappa shape index (κ2) is 6.24. The summed E-state index contributed by atoms with van der Waals surface area (Å²) in [6.07, 6.45) is 4.94. The van der Waals surface area contributed by atoms with Crippen molar-refractivity contribution in [1.82, 2.24) is 0 Å². The fraction of sp³-hybridized carbons (Fsp3) is 0.571. The highest BCUT2D eigenvalue weighted by Gasteiger charge is 2.24. The molecule has 1 aromatic rings. The van der Waals surface area contributed by atoms with Crippen LogP contribution in [0.2, 0.25) is 0 Å². The zero-order chi connectivity index (χ0) is 13.8. The van der Waals surface area contributed by atoms with E-state index < -0.39 is 0 Å². The third-order valence-electron chi connectivity index (χ3n) is 3.83. The van der Waals surface area contributed by atoms with Crippen LogP contribution in [-0.2, 0) is 5.88 Å². The van der Waals surface area contributed by atoms with E-state index in [1.807, 2.05) is 6.07 Å². The van der Waals surface area contributed by atoms with Crippen molar-refractivity contribution in [3.63, 3.8) is 0 Å². The molecule has 1 fully saturated rings. The van der Waals surface area contributed by atoms with Crippen LogP contribution in [0.5, 0.6) is 0 Å². The summed E-state index contributed by atoms with van der Waals surface area (Å²) in [7, 11) is 0. The predicted octanol–water partition coefficient (Wildman–Crippen LogP) is 4.10. The summed E-state index contributed by atoms with van der Waals surface area (Å²) >= 11 is 5.97. The molecule has 1 saturated carbocycles. The topological polar surface area (TPSA) is 46.4 Å². The van der Waals surface area contributed by atoms with Gasteiger partial charge in [-0.3, -0.25) is 10.1 Å². The summed E-state index contributed by atoms with van der Waals surface area (Å²) in [6, 6.07) is 5.56. The number of nitrogens with zero attached hydrogens (tertiary/aromatic N) is 2. The first-order valence-corrected chi connectivity index (χ1v) is 7.30. The summed E-state index contributed by atoms with van der Waals surface area (Å²) in [4.78, 5) is 12.8. The lowest BCUT2D eigenvalue weighted by molar-refractivity contribution is -0.384. The summed E-state index contributed by atoms with van der Waals surface area (Å²) < 4.78 is 0. The molecule has 1 aliphatic rings. The first-order chi connectivity index (χ1) is 9.17. The molecule has 0 heterocycles. The Morgan fingerprint density at radius 1 is 1.42 bits per heavy atom. The Kier molecular flexibility index (Phi) is 4.64. The molecule has 5 heteroatoms. The van der Waals surface area contributed by atoms with Crippen molar-refractivity contribution < 1.29 is 4.92 Å². The highest BCUT2D eigenvalue weighted by molar-refractivity contribution is 6.17. The van der Waals surface area contributed by atoms with Crippen molar-refractivity contribution >= 4 is 23.0 Å². The molecule has 0 aliphatic heterocycles. The predicted molar refractivity (Wildman–Crippen MR) is 77.9 cm³/mol. The molecule has 0 amide bonds. The van der Waals surface area contributed by atoms with E-state index in [0.29, 0.717) is 11.9 Å². The van der Waals surface area contributed by atoms with Gasteiger partial charge in [0.25, 0.3) is 5.69 Å². The van der Waals surface area contributed by atoms with Crippen LogP contribution in [0.1, 0.15) is 38.2 Å². The number of nitro groups is 1. The van der Waals surface area contributed by atoms with Crippen LogP contribution in [0.3, 0.4) is 0 Å². The second-order valence-electron chi connectivity index (χ2n) is 4.93. The second-order valence-corrected chi connectivity index (χ2v) is 5.20. The Bertz CT molecular complexity index is 459. The monoisotopic (exact) mass is 282 g/mol. The molecule has 4 nitrogen and oxygen atoms in total. The molecule has 104 valence electrons. The van der Waals surface area contributed by atoms with Crippen LogP contribution < -0.4 is 4.90 Å². The van der Waals surface area contributed by atoms with Gasteiger partial charge in [0.05, 0.1) is 4.92 Å². The van der Waals surface area contributed by atoms with E-state index in [1.165, 1.54) is 25.7 Å². The summed E-state index contributed by atoms with van der Waals surface area (Å²) in [5.41, 5.74) is 2.02. The molecule has 2 rings (SSSR count). The maximum absolute atomic E-state index is 10.8. The number of halogens is 1. The number of nitro benzene ring substituents is 1. The number of anilines is 1. The smallest absolute Gasteiger partial charge is 0.269 e. The molecule has 19 heavy (non-hydrogen) atoms. The highest BCUT2D eigenvalue weighted by atomic mass is 35.5. The SMILES string of the molecule is CCN(c1ccc([N+](=O)[O-])cc1CCl)C1CCCC1. The van der Waals surface area contributed by atoms with Gasteiger partial charge < -0.3 is 4.90 Å². The molecule has 0 aromatic heterocycles. The van der Waals surface area contributed by atoms with E-state index in [1.54, 1.807) is 12.1 Å². The van der Waals surface area contributed by atoms with Crippen molar-refractivity contribution in [3.05, 3.63) is 33.9 Å². The molecule has 0 radical (unpaired) electrons. The zero-order valence-corrected chi connectivity index (χ0v) is 11.9. The van der Waals surface area contributed by atoms with E-state index in [0.717, 1.165) is 17.8 Å². The average molecular weight is 283 g/mol. The summed E-state index contributed by atoms with van der Waals surface area (Å²) in [6.45, 7) is 3.03. The number of non-ortho nitro benzene ring substituents is 1. The quantitative estimate of drug-likeness (QED) is 0.464. The first kappa shape index (κ1) is 14.1. The lowest BCUT2D eigenvalue weighted by Gasteiger charge is -2.31. The third-order valence-corrected chi connectivity index (χ3v) is 4.12. The Labute approximate surface area is 118 Å². The maximum atomic E-state index is 10.8. The summed E-state index contributed by atoms with van der Waals surface area (Å²) in [5.74, 6) is 0.306. The minimum atomic E-state index is -0.369. The molecule has 0 N–H and O–H groups in total. The van der Waals surface area contributed by atoms with Gasteiger partial charge in [0.2, 0.25) is 0 Å². The first-order valence-electron chi connectivity index (χ1n) is 6.77. The third kappa shape index (κ3) is 3.00. The van der Waals surface area contributed by atoms with Gasteiger partial charge in [0, 0.05) is 36.3 Å². The number of rotatable bonds is 5. The summed E-state index contributed by atoms with van der Waals surface area (Å²) in [5, 5.41) is 10.8. The number of benzene rings is 1. The zero-order valence-electron chi connectivity index (χ0n) is 11.1. The van der Waals surface area contributed by atoms with Crippen molar-refractivity contribution in [3.8, 4) is 0 Å². The van der Waals surface area contributed by atoms with Gasteiger partial charge in [-0.15, -0.1) is 11.6 Å². The van der Waals surface area contributed by atoms with Crippen LogP contribution in [0.4, 0.5) is 11.4 Å². The van der Waals surface area contributed by atoms with Crippen molar-refractivity contribution in [2.75, 3.05) is 11.4 Å². The Balaban J connectivity index is 2.33. The molecule has 1 aliphatic carbocycles. The molecule has 0 atom stereocenters. The lowest BCUT2D eigenvalue weighted by Crippen LogP contribution is -2.33. The Morgan fingerprint density at radius 2 is 2.11 bits per heavy atom. The van der Waals surface area contributed by atoms with Gasteiger partial charge in [-0.2, -0.15) is 0 Å². The van der Waals surface area contributed by atoms with E-state index in [2.05, 4.69) is 11.8 Å². The molecule has 0 spiro atoms. The van der Waals surface area contributed by atoms with E-state index >= 15 is 0 Å². The molecular weight excluding hydrogens is 264 g/mol. The van der Waals surface area contributed by atoms with Gasteiger partial charge in [0.1, 0.15) is 0 Å². The molecule has 1 aromatic carbocycles. The fourth-order valence-corrected chi connectivity index (χ4v) is 3.13. The highest BCUT2D eigenvalue weighted by Crippen LogP contribution is 2.32. The van der Waals surface area contributed by atoms with Crippen LogP contribution in [0.25, 0.3) is 0 Å². The number of alkyl halides is 1. The number of hydrogen-bond acceptors (Lipinski definition) is 3. The molecular formula is C14H19ClN2O2. The van der Waals surface area contributed by atoms with Gasteiger partial charge in [0.15, 0.2) is 0 Å². The van der Waals surface area contributed by atoms with Crippen LogP contribution in [0.15, 0.2) is 18.2 Å². The number of hydrogen-bond donors (Lipinski definition) is 0. The van der Waals surface area contributed by atoms with Crippen LogP contribution >= 0.6 is 11.6 Å². The fourth-order valence-electron chi connectivity index (χ4n) is 2.91. The van der Waals surface area contributed by atoms with Gasteiger partial charge in [-0.05, 0) is 31.4 Å². The minimum absolute atomic E-state index is 0.113. The standard InChI is InChI=1S/C14H19ClN2O2/c1-2-16(12-5-3-4-6-12)14-8-7-13(17(18)19)9-11(14)10-15/h7-9,12H,2-6,10H2,1H3. The largest absolute Gasteiger partial charge is 0.369 e.